The molecule has 0 spiro atoms. The Bertz CT molecular complexity index is 653. The lowest BCUT2D eigenvalue weighted by molar-refractivity contribution is -0.202. The topological polar surface area (TPSA) is 85.2 Å². The van der Waals surface area contributed by atoms with Crippen LogP contribution in [0, 0.1) is 0 Å². The largest absolute Gasteiger partial charge is 0.463 e. The summed E-state index contributed by atoms with van der Waals surface area (Å²) < 4.78 is 29.8. The number of nitrogens with zero attached hydrogens (tertiary/aromatic N) is 1. The van der Waals surface area contributed by atoms with Gasteiger partial charge in [-0.1, -0.05) is 0 Å². The highest BCUT2D eigenvalue weighted by molar-refractivity contribution is 5.87. The van der Waals surface area contributed by atoms with E-state index in [0.717, 1.165) is 0 Å². The average Bonchev–Trinajstić information content (AvgIpc) is 3.18. The molecule has 2 saturated heterocycles. The van der Waals surface area contributed by atoms with E-state index >= 15 is 0 Å². The number of carbonyl (C=O) groups excluding carboxylic acids is 2. The first-order chi connectivity index (χ1) is 11.8. The SMILES string of the molecule is CCOC(=O)c1cccn1[C@@H]1O[C@H](COC(C)=O)[C@H]2OC(C)(C)O[C@H]21. The standard InChI is InChI=1S/C17H23NO7/c1-5-21-16(20)11-7-6-8-18(11)15-14-13(24-17(3,4)25-14)12(23-15)9-22-10(2)19/h6-8,12-15H,5,9H2,1-4H3/t12-,13-,14-,15-/m1/s1. The zero-order chi connectivity index (χ0) is 18.2. The Morgan fingerprint density at radius 1 is 1.24 bits per heavy atom. The lowest BCUT2D eigenvalue weighted by Gasteiger charge is -2.25. The minimum absolute atomic E-state index is 0.0580. The van der Waals surface area contributed by atoms with Crippen LogP contribution in [0.5, 0.6) is 0 Å². The number of hydrogen-bond acceptors (Lipinski definition) is 7. The maximum atomic E-state index is 12.2. The third-order valence-corrected chi connectivity index (χ3v) is 4.11. The van der Waals surface area contributed by atoms with E-state index in [9.17, 15) is 9.59 Å². The molecule has 1 aromatic rings. The molecule has 0 radical (unpaired) electrons. The monoisotopic (exact) mass is 353 g/mol. The molecule has 0 bridgehead atoms. The van der Waals surface area contributed by atoms with Gasteiger partial charge in [-0.25, -0.2) is 4.79 Å². The van der Waals surface area contributed by atoms with E-state index < -0.39 is 42.3 Å². The maximum absolute atomic E-state index is 12.2. The van der Waals surface area contributed by atoms with Gasteiger partial charge in [0.15, 0.2) is 12.0 Å². The summed E-state index contributed by atoms with van der Waals surface area (Å²) in [5.41, 5.74) is 0.368. The molecule has 8 heteroatoms. The first-order valence-corrected chi connectivity index (χ1v) is 8.31. The van der Waals surface area contributed by atoms with Crippen LogP contribution in [0.4, 0.5) is 0 Å². The van der Waals surface area contributed by atoms with Crippen LogP contribution in [0.15, 0.2) is 18.3 Å². The Morgan fingerprint density at radius 3 is 2.64 bits per heavy atom. The van der Waals surface area contributed by atoms with Gasteiger partial charge in [-0.2, -0.15) is 0 Å². The minimum atomic E-state index is -0.789. The highest BCUT2D eigenvalue weighted by atomic mass is 16.8. The molecule has 4 atom stereocenters. The van der Waals surface area contributed by atoms with Crippen molar-refractivity contribution >= 4 is 11.9 Å². The fraction of sp³-hybridized carbons (Fsp3) is 0.647. The molecule has 0 amide bonds. The molecule has 3 rings (SSSR count). The van der Waals surface area contributed by atoms with Crippen LogP contribution >= 0.6 is 0 Å². The highest BCUT2D eigenvalue weighted by Gasteiger charge is 2.56. The zero-order valence-corrected chi connectivity index (χ0v) is 14.8. The number of rotatable bonds is 5. The number of aromatic nitrogens is 1. The Hall–Kier alpha value is -1.90. The molecule has 0 aromatic carbocycles. The van der Waals surface area contributed by atoms with Crippen molar-refractivity contribution in [2.75, 3.05) is 13.2 Å². The first-order valence-electron chi connectivity index (χ1n) is 8.31. The van der Waals surface area contributed by atoms with Crippen molar-refractivity contribution in [1.29, 1.82) is 0 Å². The molecule has 0 unspecified atom stereocenters. The Labute approximate surface area is 145 Å². The maximum Gasteiger partial charge on any atom is 0.355 e. The van der Waals surface area contributed by atoms with Crippen LogP contribution in [0.3, 0.4) is 0 Å². The fourth-order valence-corrected chi connectivity index (χ4v) is 3.21. The summed E-state index contributed by atoms with van der Waals surface area (Å²) in [4.78, 5) is 23.3. The van der Waals surface area contributed by atoms with E-state index in [1.807, 2.05) is 13.8 Å². The fourth-order valence-electron chi connectivity index (χ4n) is 3.21. The van der Waals surface area contributed by atoms with Gasteiger partial charge in [-0.3, -0.25) is 4.79 Å². The number of fused-ring (bicyclic) bond motifs is 1. The van der Waals surface area contributed by atoms with Gasteiger partial charge in [-0.05, 0) is 32.9 Å². The molecule has 25 heavy (non-hydrogen) atoms. The van der Waals surface area contributed by atoms with Gasteiger partial charge in [0.05, 0.1) is 6.61 Å². The van der Waals surface area contributed by atoms with Gasteiger partial charge in [0.25, 0.3) is 0 Å². The van der Waals surface area contributed by atoms with Crippen molar-refractivity contribution < 1.29 is 33.3 Å². The number of esters is 2. The van der Waals surface area contributed by atoms with Crippen LogP contribution in [-0.4, -0.2) is 53.8 Å². The summed E-state index contributed by atoms with van der Waals surface area (Å²) in [7, 11) is 0. The van der Waals surface area contributed by atoms with Crippen LogP contribution in [-0.2, 0) is 28.5 Å². The molecule has 0 saturated carbocycles. The van der Waals surface area contributed by atoms with Crippen molar-refractivity contribution in [2.24, 2.45) is 0 Å². The van der Waals surface area contributed by atoms with E-state index in [-0.39, 0.29) is 13.2 Å². The highest BCUT2D eigenvalue weighted by Crippen LogP contribution is 2.43. The number of carbonyl (C=O) groups is 2. The summed E-state index contributed by atoms with van der Waals surface area (Å²) in [5.74, 6) is -1.62. The van der Waals surface area contributed by atoms with E-state index in [1.54, 1.807) is 29.8 Å². The molecule has 8 nitrogen and oxygen atoms in total. The van der Waals surface area contributed by atoms with Crippen LogP contribution in [0.2, 0.25) is 0 Å². The molecule has 1 aromatic heterocycles. The second kappa shape index (κ2) is 6.78. The second-order valence-electron chi connectivity index (χ2n) is 6.45. The van der Waals surface area contributed by atoms with Gasteiger partial charge in [0.1, 0.15) is 30.6 Å². The van der Waals surface area contributed by atoms with E-state index in [1.165, 1.54) is 6.92 Å². The van der Waals surface area contributed by atoms with E-state index in [0.29, 0.717) is 5.69 Å². The van der Waals surface area contributed by atoms with Crippen LogP contribution in [0.1, 0.15) is 44.4 Å². The third kappa shape index (κ3) is 3.56. The first kappa shape index (κ1) is 17.9. The molecule has 138 valence electrons. The summed E-state index contributed by atoms with van der Waals surface area (Å²) >= 11 is 0. The van der Waals surface area contributed by atoms with Crippen molar-refractivity contribution in [3.05, 3.63) is 24.0 Å². The van der Waals surface area contributed by atoms with Gasteiger partial charge >= 0.3 is 11.9 Å². The Kier molecular flexibility index (Phi) is 4.86. The van der Waals surface area contributed by atoms with Crippen molar-refractivity contribution in [2.45, 2.75) is 58.0 Å². The normalized spacial score (nSPS) is 30.1. The zero-order valence-electron chi connectivity index (χ0n) is 14.8. The van der Waals surface area contributed by atoms with Crippen LogP contribution < -0.4 is 0 Å². The van der Waals surface area contributed by atoms with Crippen molar-refractivity contribution in [3.8, 4) is 0 Å². The quantitative estimate of drug-likeness (QED) is 0.744. The summed E-state index contributed by atoms with van der Waals surface area (Å²) in [6, 6.07) is 3.40. The molecule has 2 aliphatic rings. The predicted octanol–water partition coefficient (Wildman–Crippen LogP) is 1.65. The van der Waals surface area contributed by atoms with Gasteiger partial charge in [0, 0.05) is 13.1 Å². The van der Waals surface area contributed by atoms with E-state index in [2.05, 4.69) is 0 Å². The molecule has 3 heterocycles. The lowest BCUT2D eigenvalue weighted by atomic mass is 10.1. The van der Waals surface area contributed by atoms with Crippen LogP contribution in [0.25, 0.3) is 0 Å². The molecule has 0 aliphatic carbocycles. The number of hydrogen-bond donors (Lipinski definition) is 0. The predicted molar refractivity (Wildman–Crippen MR) is 84.8 cm³/mol. The molecule has 0 N–H and O–H groups in total. The summed E-state index contributed by atoms with van der Waals surface area (Å²) in [5, 5.41) is 0. The van der Waals surface area contributed by atoms with E-state index in [4.69, 9.17) is 23.7 Å². The van der Waals surface area contributed by atoms with Gasteiger partial charge < -0.3 is 28.3 Å². The second-order valence-corrected chi connectivity index (χ2v) is 6.45. The molecule has 2 aliphatic heterocycles. The van der Waals surface area contributed by atoms with Crippen molar-refractivity contribution in [3.63, 3.8) is 0 Å². The van der Waals surface area contributed by atoms with Gasteiger partial charge in [-0.15, -0.1) is 0 Å². The summed E-state index contributed by atoms with van der Waals surface area (Å²) in [6.45, 7) is 7.05. The molecular weight excluding hydrogens is 330 g/mol. The lowest BCUT2D eigenvalue weighted by Crippen LogP contribution is -2.33. The third-order valence-electron chi connectivity index (χ3n) is 4.11. The average molecular weight is 353 g/mol. The Balaban J connectivity index is 1.85. The van der Waals surface area contributed by atoms with Gasteiger partial charge in [0.2, 0.25) is 0 Å². The van der Waals surface area contributed by atoms with Crippen molar-refractivity contribution in [1.82, 2.24) is 4.57 Å². The minimum Gasteiger partial charge on any atom is -0.463 e. The number of ether oxygens (including phenoxy) is 5. The Morgan fingerprint density at radius 2 is 1.96 bits per heavy atom. The molecule has 2 fully saturated rings. The molecular formula is C17H23NO7. The smallest absolute Gasteiger partial charge is 0.355 e. The summed E-state index contributed by atoms with van der Waals surface area (Å²) in [6.07, 6.45) is -0.176.